The molecule has 3 rings (SSSR count). The molecule has 0 saturated carbocycles. The van der Waals surface area contributed by atoms with Crippen LogP contribution in [0, 0.1) is 0 Å². The second-order valence-corrected chi connectivity index (χ2v) is 5.79. The average molecular weight is 273 g/mol. The van der Waals surface area contributed by atoms with Gasteiger partial charge in [-0.15, -0.1) is 0 Å². The normalized spacial score (nSPS) is 20.7. The Labute approximate surface area is 120 Å². The Balaban J connectivity index is 2.04. The summed E-state index contributed by atoms with van der Waals surface area (Å²) in [5, 5.41) is 0. The van der Waals surface area contributed by atoms with Gasteiger partial charge in [0.25, 0.3) is 0 Å². The zero-order valence-corrected chi connectivity index (χ0v) is 12.5. The maximum atomic E-state index is 5.43. The van der Waals surface area contributed by atoms with Crippen molar-refractivity contribution in [3.63, 3.8) is 0 Å². The van der Waals surface area contributed by atoms with Gasteiger partial charge in [0.15, 0.2) is 0 Å². The van der Waals surface area contributed by atoms with E-state index in [1.54, 1.807) is 7.11 Å². The summed E-state index contributed by atoms with van der Waals surface area (Å²) in [6.45, 7) is 5.71. The molecule has 1 aliphatic heterocycles. The van der Waals surface area contributed by atoms with Crippen molar-refractivity contribution >= 4 is 5.52 Å². The first-order valence-electron chi connectivity index (χ1n) is 7.48. The van der Waals surface area contributed by atoms with E-state index in [4.69, 9.17) is 9.72 Å². The molecule has 1 unspecified atom stereocenters. The van der Waals surface area contributed by atoms with Crippen molar-refractivity contribution in [2.24, 2.45) is 0 Å². The second kappa shape index (κ2) is 5.44. The van der Waals surface area contributed by atoms with Gasteiger partial charge in [0.1, 0.15) is 17.1 Å². The summed E-state index contributed by atoms with van der Waals surface area (Å²) >= 11 is 0. The van der Waals surface area contributed by atoms with Gasteiger partial charge in [0.05, 0.1) is 19.3 Å². The maximum absolute atomic E-state index is 5.43. The van der Waals surface area contributed by atoms with Gasteiger partial charge in [-0.3, -0.25) is 9.30 Å². The number of aromatic nitrogens is 2. The van der Waals surface area contributed by atoms with Crippen molar-refractivity contribution in [3.8, 4) is 5.75 Å². The second-order valence-electron chi connectivity index (χ2n) is 5.79. The van der Waals surface area contributed by atoms with Crippen molar-refractivity contribution in [1.29, 1.82) is 0 Å². The Morgan fingerprint density at radius 3 is 2.95 bits per heavy atom. The van der Waals surface area contributed by atoms with E-state index in [-0.39, 0.29) is 0 Å². The zero-order chi connectivity index (χ0) is 14.1. The van der Waals surface area contributed by atoms with Crippen LogP contribution in [-0.2, 0) is 0 Å². The molecule has 0 aliphatic carbocycles. The quantitative estimate of drug-likeness (QED) is 0.859. The summed E-state index contributed by atoms with van der Waals surface area (Å²) in [4.78, 5) is 7.27. The predicted octanol–water partition coefficient (Wildman–Crippen LogP) is 3.28. The Morgan fingerprint density at radius 1 is 1.35 bits per heavy atom. The number of rotatable bonds is 3. The maximum Gasteiger partial charge on any atom is 0.144 e. The smallest absolute Gasteiger partial charge is 0.144 e. The van der Waals surface area contributed by atoms with Crippen LogP contribution in [0.4, 0.5) is 0 Å². The van der Waals surface area contributed by atoms with Gasteiger partial charge in [0, 0.05) is 12.2 Å². The lowest BCUT2D eigenvalue weighted by Crippen LogP contribution is -2.39. The van der Waals surface area contributed by atoms with Crippen molar-refractivity contribution in [2.45, 2.75) is 45.2 Å². The van der Waals surface area contributed by atoms with Gasteiger partial charge in [-0.2, -0.15) is 0 Å². The Kier molecular flexibility index (Phi) is 3.66. The van der Waals surface area contributed by atoms with Gasteiger partial charge < -0.3 is 4.74 Å². The largest absolute Gasteiger partial charge is 0.494 e. The molecule has 1 fully saturated rings. The van der Waals surface area contributed by atoms with E-state index in [1.165, 1.54) is 25.8 Å². The molecule has 1 aliphatic rings. The fourth-order valence-electron chi connectivity index (χ4n) is 3.28. The lowest BCUT2D eigenvalue weighted by Gasteiger charge is -2.37. The summed E-state index contributed by atoms with van der Waals surface area (Å²) in [6.07, 6.45) is 7.79. The first kappa shape index (κ1) is 13.4. The van der Waals surface area contributed by atoms with Crippen LogP contribution in [0.3, 0.4) is 0 Å². The van der Waals surface area contributed by atoms with Crippen LogP contribution in [0.5, 0.6) is 5.75 Å². The van der Waals surface area contributed by atoms with Crippen molar-refractivity contribution in [1.82, 2.24) is 14.3 Å². The van der Waals surface area contributed by atoms with Gasteiger partial charge in [-0.1, -0.05) is 6.42 Å². The molecular weight excluding hydrogens is 250 g/mol. The third-order valence-corrected chi connectivity index (χ3v) is 4.29. The van der Waals surface area contributed by atoms with E-state index >= 15 is 0 Å². The zero-order valence-electron chi connectivity index (χ0n) is 12.5. The van der Waals surface area contributed by atoms with E-state index in [9.17, 15) is 0 Å². The molecule has 0 N–H and O–H groups in total. The summed E-state index contributed by atoms with van der Waals surface area (Å²) in [5.41, 5.74) is 1.05. The molecule has 3 heterocycles. The Morgan fingerprint density at radius 2 is 2.20 bits per heavy atom. The van der Waals surface area contributed by atoms with Crippen LogP contribution in [0.25, 0.3) is 5.52 Å². The number of piperidine rings is 1. The highest BCUT2D eigenvalue weighted by Gasteiger charge is 2.29. The number of fused-ring (bicyclic) bond motifs is 1. The summed E-state index contributed by atoms with van der Waals surface area (Å²) < 4.78 is 7.61. The van der Waals surface area contributed by atoms with Crippen molar-refractivity contribution < 1.29 is 4.74 Å². The fraction of sp³-hybridized carbons (Fsp3) is 0.562. The van der Waals surface area contributed by atoms with E-state index in [0.29, 0.717) is 12.1 Å². The highest BCUT2D eigenvalue weighted by molar-refractivity contribution is 5.59. The van der Waals surface area contributed by atoms with Gasteiger partial charge in [-0.25, -0.2) is 4.98 Å². The number of pyridine rings is 1. The van der Waals surface area contributed by atoms with Crippen LogP contribution < -0.4 is 4.74 Å². The minimum atomic E-state index is 0.415. The molecule has 20 heavy (non-hydrogen) atoms. The minimum Gasteiger partial charge on any atom is -0.494 e. The van der Waals surface area contributed by atoms with Gasteiger partial charge in [0.2, 0.25) is 0 Å². The van der Waals surface area contributed by atoms with Crippen LogP contribution in [0.15, 0.2) is 24.5 Å². The number of methoxy groups -OCH3 is 1. The number of hydrogen-bond acceptors (Lipinski definition) is 3. The van der Waals surface area contributed by atoms with Crippen molar-refractivity contribution in [3.05, 3.63) is 30.4 Å². The third-order valence-electron chi connectivity index (χ3n) is 4.29. The topological polar surface area (TPSA) is 29.8 Å². The predicted molar refractivity (Wildman–Crippen MR) is 80.2 cm³/mol. The molecule has 4 nitrogen and oxygen atoms in total. The molecule has 0 amide bonds. The molecule has 2 aromatic heterocycles. The van der Waals surface area contributed by atoms with Gasteiger partial charge in [-0.05, 0) is 45.4 Å². The molecule has 1 atom stereocenters. The highest BCUT2D eigenvalue weighted by atomic mass is 16.5. The molecule has 0 bridgehead atoms. The number of nitrogens with zero attached hydrogens (tertiary/aromatic N) is 3. The highest BCUT2D eigenvalue weighted by Crippen LogP contribution is 2.33. The number of hydrogen-bond donors (Lipinski definition) is 0. The molecule has 0 radical (unpaired) electrons. The van der Waals surface area contributed by atoms with Crippen LogP contribution in [0.2, 0.25) is 0 Å². The number of likely N-dealkylation sites (tertiary alicyclic amines) is 1. The summed E-state index contributed by atoms with van der Waals surface area (Å²) in [5.74, 6) is 2.03. The first-order chi connectivity index (χ1) is 9.72. The lowest BCUT2D eigenvalue weighted by atomic mass is 10.00. The Hall–Kier alpha value is -1.55. The van der Waals surface area contributed by atoms with Crippen LogP contribution >= 0.6 is 0 Å². The van der Waals surface area contributed by atoms with E-state index in [1.807, 2.05) is 18.3 Å². The summed E-state index contributed by atoms with van der Waals surface area (Å²) in [6, 6.07) is 4.98. The molecule has 2 aromatic rings. The Bertz CT molecular complexity index is 590. The van der Waals surface area contributed by atoms with Crippen LogP contribution in [-0.4, -0.2) is 34.0 Å². The standard InChI is InChI=1S/C16H23N3O/c1-12(2)18-9-5-4-7-13(18)16-17-11-14-15(20-3)8-6-10-19(14)16/h6,8,10-13H,4-5,7,9H2,1-3H3. The van der Waals surface area contributed by atoms with E-state index in [0.717, 1.165) is 17.1 Å². The molecule has 1 saturated heterocycles. The minimum absolute atomic E-state index is 0.415. The van der Waals surface area contributed by atoms with Crippen molar-refractivity contribution in [2.75, 3.05) is 13.7 Å². The molecule has 4 heteroatoms. The average Bonchev–Trinajstić information content (AvgIpc) is 2.90. The molecule has 0 spiro atoms. The van der Waals surface area contributed by atoms with Crippen LogP contribution in [0.1, 0.15) is 45.0 Å². The monoisotopic (exact) mass is 273 g/mol. The first-order valence-corrected chi connectivity index (χ1v) is 7.48. The van der Waals surface area contributed by atoms with Gasteiger partial charge >= 0.3 is 0 Å². The third kappa shape index (κ3) is 2.18. The number of ether oxygens (including phenoxy) is 1. The van der Waals surface area contributed by atoms with E-state index < -0.39 is 0 Å². The fourth-order valence-corrected chi connectivity index (χ4v) is 3.28. The molecule has 108 valence electrons. The molecule has 0 aromatic carbocycles. The molecular formula is C16H23N3O. The lowest BCUT2D eigenvalue weighted by molar-refractivity contribution is 0.106. The van der Waals surface area contributed by atoms with E-state index in [2.05, 4.69) is 29.3 Å². The summed E-state index contributed by atoms with van der Waals surface area (Å²) in [7, 11) is 1.71. The SMILES string of the molecule is COc1cccn2c(C3CCCCN3C(C)C)ncc12. The number of imidazole rings is 1.